The van der Waals surface area contributed by atoms with Gasteiger partial charge in [0.15, 0.2) is 5.11 Å². The number of carbonyl (C=O) groups is 1. The first-order chi connectivity index (χ1) is 12.1. The molecule has 0 atom stereocenters. The van der Waals surface area contributed by atoms with Gasteiger partial charge in [-0.3, -0.25) is 10.1 Å². The predicted molar refractivity (Wildman–Crippen MR) is 103 cm³/mol. The molecule has 4 nitrogen and oxygen atoms in total. The highest BCUT2D eigenvalue weighted by Crippen LogP contribution is 2.21. The number of halogens is 1. The quantitative estimate of drug-likeness (QED) is 0.817. The van der Waals surface area contributed by atoms with Crippen molar-refractivity contribution in [2.45, 2.75) is 19.3 Å². The van der Waals surface area contributed by atoms with Gasteiger partial charge in [0.05, 0.1) is 0 Å². The van der Waals surface area contributed by atoms with Gasteiger partial charge in [0, 0.05) is 30.0 Å². The monoisotopic (exact) mass is 357 g/mol. The van der Waals surface area contributed by atoms with Crippen molar-refractivity contribution in [3.8, 4) is 0 Å². The summed E-state index contributed by atoms with van der Waals surface area (Å²) in [5, 5.41) is 5.79. The summed E-state index contributed by atoms with van der Waals surface area (Å²) in [6.07, 6.45) is 3.77. The maximum absolute atomic E-state index is 12.9. The van der Waals surface area contributed by atoms with Crippen molar-refractivity contribution in [2.75, 3.05) is 23.3 Å². The standard InChI is InChI=1S/C19H20FN3OS/c20-15-6-4-14(5-7-15)18(24)22-19(25)21-16-8-10-17(11-9-16)23-12-2-1-3-13-23/h4-11H,1-3,12-13H2,(H2,21,22,24,25). The second-order valence-electron chi connectivity index (χ2n) is 6.01. The first-order valence-corrected chi connectivity index (χ1v) is 8.75. The van der Waals surface area contributed by atoms with Crippen LogP contribution in [0.4, 0.5) is 15.8 Å². The highest BCUT2D eigenvalue weighted by Gasteiger charge is 2.11. The molecule has 0 unspecified atom stereocenters. The van der Waals surface area contributed by atoms with Crippen LogP contribution in [0.15, 0.2) is 48.5 Å². The van der Waals surface area contributed by atoms with Crippen LogP contribution in [0.2, 0.25) is 0 Å². The molecule has 1 heterocycles. The summed E-state index contributed by atoms with van der Waals surface area (Å²) in [6, 6.07) is 13.3. The molecule has 1 saturated heterocycles. The minimum atomic E-state index is -0.383. The normalized spacial score (nSPS) is 14.0. The number of rotatable bonds is 3. The van der Waals surface area contributed by atoms with Crippen LogP contribution in [0.3, 0.4) is 0 Å². The lowest BCUT2D eigenvalue weighted by molar-refractivity contribution is 0.0977. The van der Waals surface area contributed by atoms with Crippen LogP contribution in [0, 0.1) is 5.82 Å². The molecule has 1 fully saturated rings. The molecular weight excluding hydrogens is 337 g/mol. The molecule has 0 radical (unpaired) electrons. The van der Waals surface area contributed by atoms with Gasteiger partial charge in [-0.1, -0.05) is 0 Å². The third-order valence-electron chi connectivity index (χ3n) is 4.18. The molecule has 1 aliphatic rings. The molecule has 0 spiro atoms. The fourth-order valence-corrected chi connectivity index (χ4v) is 3.06. The zero-order valence-electron chi connectivity index (χ0n) is 13.8. The summed E-state index contributed by atoms with van der Waals surface area (Å²) in [4.78, 5) is 14.4. The molecule has 2 N–H and O–H groups in total. The fraction of sp³-hybridized carbons (Fsp3) is 0.263. The summed E-state index contributed by atoms with van der Waals surface area (Å²) in [5.41, 5.74) is 2.36. The molecule has 130 valence electrons. The van der Waals surface area contributed by atoms with Crippen LogP contribution in [-0.2, 0) is 0 Å². The van der Waals surface area contributed by atoms with Crippen molar-refractivity contribution in [1.29, 1.82) is 0 Å². The van der Waals surface area contributed by atoms with E-state index in [0.29, 0.717) is 5.56 Å². The van der Waals surface area contributed by atoms with Crippen LogP contribution in [0.1, 0.15) is 29.6 Å². The van der Waals surface area contributed by atoms with Crippen LogP contribution < -0.4 is 15.5 Å². The van der Waals surface area contributed by atoms with Gasteiger partial charge in [-0.05, 0) is 80.0 Å². The lowest BCUT2D eigenvalue weighted by atomic mass is 10.1. The van der Waals surface area contributed by atoms with Gasteiger partial charge in [-0.15, -0.1) is 0 Å². The predicted octanol–water partition coefficient (Wildman–Crippen LogP) is 3.94. The number of hydrogen-bond acceptors (Lipinski definition) is 3. The van der Waals surface area contributed by atoms with Crippen LogP contribution >= 0.6 is 12.2 Å². The maximum atomic E-state index is 12.9. The Morgan fingerprint density at radius 3 is 2.24 bits per heavy atom. The van der Waals surface area contributed by atoms with Gasteiger partial charge in [-0.25, -0.2) is 4.39 Å². The Morgan fingerprint density at radius 1 is 0.960 bits per heavy atom. The van der Waals surface area contributed by atoms with Crippen molar-refractivity contribution in [1.82, 2.24) is 5.32 Å². The fourth-order valence-electron chi connectivity index (χ4n) is 2.85. The second-order valence-corrected chi connectivity index (χ2v) is 6.42. The third kappa shape index (κ3) is 4.76. The number of benzene rings is 2. The second kappa shape index (κ2) is 8.07. The number of nitrogens with one attached hydrogen (secondary N) is 2. The third-order valence-corrected chi connectivity index (χ3v) is 4.38. The molecule has 1 aliphatic heterocycles. The van der Waals surface area contributed by atoms with Crippen LogP contribution in [0.25, 0.3) is 0 Å². The van der Waals surface area contributed by atoms with E-state index in [2.05, 4.69) is 27.7 Å². The van der Waals surface area contributed by atoms with E-state index < -0.39 is 0 Å². The smallest absolute Gasteiger partial charge is 0.257 e. The molecule has 2 aromatic rings. The van der Waals surface area contributed by atoms with Gasteiger partial charge in [0.1, 0.15) is 5.82 Å². The molecule has 2 aromatic carbocycles. The molecule has 0 aromatic heterocycles. The SMILES string of the molecule is O=C(NC(=S)Nc1ccc(N2CCCCC2)cc1)c1ccc(F)cc1. The highest BCUT2D eigenvalue weighted by molar-refractivity contribution is 7.80. The Morgan fingerprint density at radius 2 is 1.60 bits per heavy atom. The van der Waals surface area contributed by atoms with E-state index in [1.807, 2.05) is 12.1 Å². The minimum absolute atomic E-state index is 0.208. The summed E-state index contributed by atoms with van der Waals surface area (Å²) in [5.74, 6) is -0.756. The summed E-state index contributed by atoms with van der Waals surface area (Å²) < 4.78 is 12.9. The lowest BCUT2D eigenvalue weighted by Crippen LogP contribution is -2.34. The van der Waals surface area contributed by atoms with Gasteiger partial charge in [0.25, 0.3) is 5.91 Å². The van der Waals surface area contributed by atoms with Gasteiger partial charge >= 0.3 is 0 Å². The lowest BCUT2D eigenvalue weighted by Gasteiger charge is -2.28. The molecule has 0 aliphatic carbocycles. The molecule has 0 bridgehead atoms. The highest BCUT2D eigenvalue weighted by atomic mass is 32.1. The van der Waals surface area contributed by atoms with E-state index in [9.17, 15) is 9.18 Å². The van der Waals surface area contributed by atoms with Crippen molar-refractivity contribution < 1.29 is 9.18 Å². The first kappa shape index (κ1) is 17.4. The van der Waals surface area contributed by atoms with Crippen molar-refractivity contribution in [3.05, 3.63) is 59.9 Å². The maximum Gasteiger partial charge on any atom is 0.257 e. The number of carbonyl (C=O) groups excluding carboxylic acids is 1. The number of piperidine rings is 1. The summed E-state index contributed by atoms with van der Waals surface area (Å²) in [7, 11) is 0. The molecular formula is C19H20FN3OS. The number of amides is 1. The van der Waals surface area contributed by atoms with Gasteiger partial charge < -0.3 is 10.2 Å². The average molecular weight is 357 g/mol. The Labute approximate surface area is 152 Å². The van der Waals surface area contributed by atoms with Crippen molar-refractivity contribution in [2.24, 2.45) is 0 Å². The Kier molecular flexibility index (Phi) is 5.60. The summed E-state index contributed by atoms with van der Waals surface area (Å²) >= 11 is 5.17. The summed E-state index contributed by atoms with van der Waals surface area (Å²) in [6.45, 7) is 2.19. The molecule has 0 saturated carbocycles. The molecule has 6 heteroatoms. The van der Waals surface area contributed by atoms with E-state index in [4.69, 9.17) is 12.2 Å². The van der Waals surface area contributed by atoms with Crippen LogP contribution in [-0.4, -0.2) is 24.1 Å². The number of hydrogen-bond donors (Lipinski definition) is 2. The molecule has 25 heavy (non-hydrogen) atoms. The van der Waals surface area contributed by atoms with E-state index in [-0.39, 0.29) is 16.8 Å². The van der Waals surface area contributed by atoms with E-state index >= 15 is 0 Å². The van der Waals surface area contributed by atoms with Gasteiger partial charge in [0.2, 0.25) is 0 Å². The van der Waals surface area contributed by atoms with Gasteiger partial charge in [-0.2, -0.15) is 0 Å². The molecule has 1 amide bonds. The first-order valence-electron chi connectivity index (χ1n) is 8.35. The minimum Gasteiger partial charge on any atom is -0.372 e. The number of anilines is 2. The number of thiocarbonyl (C=S) groups is 1. The zero-order chi connectivity index (χ0) is 17.6. The van der Waals surface area contributed by atoms with E-state index in [0.717, 1.165) is 18.8 Å². The Balaban J connectivity index is 1.55. The largest absolute Gasteiger partial charge is 0.372 e. The van der Waals surface area contributed by atoms with Crippen molar-refractivity contribution >= 4 is 34.6 Å². The molecule has 3 rings (SSSR count). The Bertz CT molecular complexity index is 740. The average Bonchev–Trinajstić information content (AvgIpc) is 2.63. The Hall–Kier alpha value is -2.47. The zero-order valence-corrected chi connectivity index (χ0v) is 14.6. The van der Waals surface area contributed by atoms with E-state index in [1.165, 1.54) is 49.2 Å². The van der Waals surface area contributed by atoms with Crippen LogP contribution in [0.5, 0.6) is 0 Å². The topological polar surface area (TPSA) is 44.4 Å². The number of nitrogens with zero attached hydrogens (tertiary/aromatic N) is 1. The van der Waals surface area contributed by atoms with Crippen molar-refractivity contribution in [3.63, 3.8) is 0 Å². The van der Waals surface area contributed by atoms with E-state index in [1.54, 1.807) is 0 Å².